The number of morpholine rings is 1. The van der Waals surface area contributed by atoms with Crippen LogP contribution in [0.5, 0.6) is 0 Å². The number of amides is 4. The van der Waals surface area contributed by atoms with Gasteiger partial charge >= 0.3 is 18.4 Å². The summed E-state index contributed by atoms with van der Waals surface area (Å²) in [4.78, 5) is 57.8. The lowest BCUT2D eigenvalue weighted by Gasteiger charge is -2.46. The molecule has 12 nitrogen and oxygen atoms in total. The maximum absolute atomic E-state index is 13.9. The maximum Gasteiger partial charge on any atom is 0.416 e. The minimum Gasteiger partial charge on any atom is -0.465 e. The van der Waals surface area contributed by atoms with Gasteiger partial charge in [0.2, 0.25) is 5.91 Å². The normalized spacial score (nSPS) is 19.2. The largest absolute Gasteiger partial charge is 0.465 e. The topological polar surface area (TPSA) is 132 Å². The van der Waals surface area contributed by atoms with Gasteiger partial charge in [-0.25, -0.2) is 4.79 Å². The van der Waals surface area contributed by atoms with E-state index in [1.807, 2.05) is 12.1 Å². The summed E-state index contributed by atoms with van der Waals surface area (Å²) in [5, 5.41) is 11.6. The van der Waals surface area contributed by atoms with E-state index >= 15 is 0 Å². The zero-order chi connectivity index (χ0) is 50.6. The van der Waals surface area contributed by atoms with Gasteiger partial charge < -0.3 is 39.5 Å². The van der Waals surface area contributed by atoms with Crippen LogP contribution in [-0.4, -0.2) is 128 Å². The molecule has 2 heterocycles. The van der Waals surface area contributed by atoms with E-state index in [2.05, 4.69) is 22.3 Å². The minimum absolute atomic E-state index is 0.0108. The van der Waals surface area contributed by atoms with Gasteiger partial charge in [-0.2, -0.15) is 26.3 Å². The molecule has 4 aromatic carbocycles. The molecule has 1 spiro atoms. The SMILES string of the molecule is CN(CCCN(C)C(=O)c1ccc(CNC(=O)O)cc1)C(=O)CO[C@H]1Cc2ccccc2C12CCN(CC[C@@]1(c3ccc(Cl)c(Cl)c3)CN(C(=O)c3cc(C(F)(F)F)cc(C(F)(F)F)c3)CCO1)CC2. The Hall–Kier alpha value is -5.40. The van der Waals surface area contributed by atoms with Crippen LogP contribution in [0.2, 0.25) is 10.0 Å². The molecule has 70 heavy (non-hydrogen) atoms. The van der Waals surface area contributed by atoms with Gasteiger partial charge in [-0.05, 0) is 110 Å². The Morgan fingerprint density at radius 3 is 2.13 bits per heavy atom. The minimum atomic E-state index is -5.13. The average Bonchev–Trinajstić information content (AvgIpc) is 3.63. The number of fused-ring (bicyclic) bond motifs is 2. The van der Waals surface area contributed by atoms with Gasteiger partial charge in [0.1, 0.15) is 12.2 Å². The van der Waals surface area contributed by atoms with E-state index in [0.717, 1.165) is 5.56 Å². The summed E-state index contributed by atoms with van der Waals surface area (Å²) >= 11 is 12.8. The summed E-state index contributed by atoms with van der Waals surface area (Å²) < 4.78 is 95.7. The van der Waals surface area contributed by atoms with Crippen molar-refractivity contribution in [3.63, 3.8) is 0 Å². The molecule has 20 heteroatoms. The number of hydrogen-bond donors (Lipinski definition) is 2. The Morgan fingerprint density at radius 2 is 1.49 bits per heavy atom. The van der Waals surface area contributed by atoms with Gasteiger partial charge in [-0.3, -0.25) is 14.4 Å². The highest BCUT2D eigenvalue weighted by Gasteiger charge is 2.50. The van der Waals surface area contributed by atoms with E-state index in [-0.39, 0.29) is 73.3 Å². The van der Waals surface area contributed by atoms with Gasteiger partial charge in [0.25, 0.3) is 11.8 Å². The molecule has 1 aliphatic carbocycles. The van der Waals surface area contributed by atoms with Crippen molar-refractivity contribution < 1.29 is 60.1 Å². The fourth-order valence-electron chi connectivity index (χ4n) is 9.76. The highest BCUT2D eigenvalue weighted by molar-refractivity contribution is 6.42. The average molecular weight is 1020 g/mol. The number of nitrogens with zero attached hydrogens (tertiary/aromatic N) is 4. The van der Waals surface area contributed by atoms with Crippen LogP contribution in [0.4, 0.5) is 31.1 Å². The van der Waals surface area contributed by atoms with E-state index in [1.54, 1.807) is 66.4 Å². The first kappa shape index (κ1) is 52.4. The van der Waals surface area contributed by atoms with Crippen molar-refractivity contribution in [3.05, 3.63) is 139 Å². The van der Waals surface area contributed by atoms with Crippen LogP contribution < -0.4 is 5.32 Å². The third kappa shape index (κ3) is 12.0. The lowest BCUT2D eigenvalue weighted by Crippen LogP contribution is -2.54. The van der Waals surface area contributed by atoms with Crippen molar-refractivity contribution in [2.75, 3.05) is 73.1 Å². The molecule has 376 valence electrons. The molecule has 0 saturated carbocycles. The number of ether oxygens (including phenoxy) is 2. The standard InChI is InChI=1S/C50H53Cl2F6N5O7/c1-60(17-5-18-61(2)44(65)33-10-8-32(9-11-33)29-59-46(67)68)43(64)30-69-42-26-34-6-3-4-7-39(34)47(42)14-19-62(20-15-47)21-16-48(36-12-13-40(51)41(52)28-36)31-63(22-23-70-48)45(66)35-24-37(49(53,54)55)27-38(25-35)50(56,57)58/h3-4,6-13,24-25,27-28,42,59H,5,14-23,26,29-31H2,1-2H3,(H,67,68)/t42-,48-/m0/s1. The summed E-state index contributed by atoms with van der Waals surface area (Å²) in [6.07, 6.45) is -8.92. The number of carbonyl (C=O) groups excluding carboxylic acids is 3. The molecule has 0 unspecified atom stereocenters. The van der Waals surface area contributed by atoms with Gasteiger partial charge in [-0.15, -0.1) is 0 Å². The van der Waals surface area contributed by atoms with E-state index in [4.69, 9.17) is 37.8 Å². The highest BCUT2D eigenvalue weighted by Crippen LogP contribution is 2.48. The number of benzene rings is 4. The molecular formula is C50H53Cl2F6N5O7. The second-order valence-electron chi connectivity index (χ2n) is 18.2. The molecule has 0 aromatic heterocycles. The maximum atomic E-state index is 13.9. The second kappa shape index (κ2) is 21.5. The van der Waals surface area contributed by atoms with Crippen molar-refractivity contribution in [3.8, 4) is 0 Å². The zero-order valence-corrected chi connectivity index (χ0v) is 40.0. The predicted molar refractivity (Wildman–Crippen MR) is 249 cm³/mol. The number of rotatable bonds is 15. The molecule has 3 aliphatic rings. The van der Waals surface area contributed by atoms with Crippen LogP contribution in [0.25, 0.3) is 0 Å². The fourth-order valence-corrected chi connectivity index (χ4v) is 10.1. The van der Waals surface area contributed by atoms with Crippen LogP contribution >= 0.6 is 23.2 Å². The van der Waals surface area contributed by atoms with Crippen molar-refractivity contribution in [1.29, 1.82) is 0 Å². The van der Waals surface area contributed by atoms with Crippen LogP contribution in [0.3, 0.4) is 0 Å². The lowest BCUT2D eigenvalue weighted by atomic mass is 9.72. The Morgan fingerprint density at radius 1 is 0.829 bits per heavy atom. The first-order valence-electron chi connectivity index (χ1n) is 22.7. The molecule has 2 aliphatic heterocycles. The lowest BCUT2D eigenvalue weighted by molar-refractivity contribution is -0.143. The van der Waals surface area contributed by atoms with Crippen LogP contribution in [0, 0.1) is 0 Å². The summed E-state index contributed by atoms with van der Waals surface area (Å²) in [5.41, 5.74) is -1.56. The number of carboxylic acid groups (broad SMARTS) is 1. The number of likely N-dealkylation sites (tertiary alicyclic amines) is 1. The monoisotopic (exact) mass is 1020 g/mol. The Balaban J connectivity index is 0.980. The predicted octanol–water partition coefficient (Wildman–Crippen LogP) is 9.15. The van der Waals surface area contributed by atoms with Gasteiger partial charge in [-0.1, -0.05) is 65.7 Å². The Kier molecular flexibility index (Phi) is 16.1. The van der Waals surface area contributed by atoms with E-state index in [9.17, 15) is 45.5 Å². The summed E-state index contributed by atoms with van der Waals surface area (Å²) in [6.45, 7) is 2.09. The first-order valence-corrected chi connectivity index (χ1v) is 23.5. The van der Waals surface area contributed by atoms with Crippen molar-refractivity contribution in [1.82, 2.24) is 24.9 Å². The summed E-state index contributed by atoms with van der Waals surface area (Å²) in [7, 11) is 3.37. The Labute approximate surface area is 411 Å². The van der Waals surface area contributed by atoms with Gasteiger partial charge in [0, 0.05) is 63.4 Å². The van der Waals surface area contributed by atoms with Crippen LogP contribution in [0.1, 0.15) is 79.8 Å². The van der Waals surface area contributed by atoms with Gasteiger partial charge in [0.05, 0.1) is 40.4 Å². The highest BCUT2D eigenvalue weighted by atomic mass is 35.5. The van der Waals surface area contributed by atoms with Crippen LogP contribution in [-0.2, 0) is 50.6 Å². The van der Waals surface area contributed by atoms with E-state index < -0.39 is 52.1 Å². The molecule has 2 fully saturated rings. The number of alkyl halides is 6. The third-order valence-corrected chi connectivity index (χ3v) is 14.5. The zero-order valence-electron chi connectivity index (χ0n) is 38.5. The summed E-state index contributed by atoms with van der Waals surface area (Å²) in [6, 6.07) is 20.5. The molecule has 7 rings (SSSR count). The molecule has 2 N–H and O–H groups in total. The molecular weight excluding hydrogens is 967 g/mol. The van der Waals surface area contributed by atoms with Crippen molar-refractivity contribution in [2.45, 2.75) is 68.1 Å². The van der Waals surface area contributed by atoms with Crippen LogP contribution in [0.15, 0.2) is 84.9 Å². The van der Waals surface area contributed by atoms with E-state index in [0.29, 0.717) is 87.2 Å². The third-order valence-electron chi connectivity index (χ3n) is 13.7. The fraction of sp³-hybridized carbons (Fsp3) is 0.440. The molecule has 4 aromatic rings. The Bertz CT molecular complexity index is 2530. The smallest absolute Gasteiger partial charge is 0.416 e. The molecule has 2 atom stereocenters. The summed E-state index contributed by atoms with van der Waals surface area (Å²) in [5.74, 6) is -1.41. The van der Waals surface area contributed by atoms with E-state index in [1.165, 1.54) is 10.5 Å². The number of carbonyl (C=O) groups is 4. The number of halogens is 8. The molecule has 0 bridgehead atoms. The van der Waals surface area contributed by atoms with Gasteiger partial charge in [0.15, 0.2) is 0 Å². The second-order valence-corrected chi connectivity index (χ2v) is 19.0. The first-order chi connectivity index (χ1) is 33.1. The number of hydrogen-bond acceptors (Lipinski definition) is 7. The van der Waals surface area contributed by atoms with Crippen molar-refractivity contribution in [2.24, 2.45) is 0 Å². The molecule has 0 radical (unpaired) electrons. The van der Waals surface area contributed by atoms with Crippen molar-refractivity contribution >= 4 is 47.0 Å². The quantitative estimate of drug-likeness (QED) is 0.113. The number of likely N-dealkylation sites (N-methyl/N-ethyl adjacent to an activating group) is 1. The molecule has 4 amide bonds. The number of nitrogens with one attached hydrogen (secondary N) is 1. The molecule has 2 saturated heterocycles. The number of piperidine rings is 1.